The maximum Gasteiger partial charge on any atom is 0.228 e. The lowest BCUT2D eigenvalue weighted by atomic mass is 10.1. The minimum Gasteiger partial charge on any atom is -0.342 e. The molecule has 0 saturated carbocycles. The summed E-state index contributed by atoms with van der Waals surface area (Å²) in [7, 11) is 0. The highest BCUT2D eigenvalue weighted by Gasteiger charge is 2.36. The van der Waals surface area contributed by atoms with Crippen LogP contribution in [0.25, 0.3) is 0 Å². The number of carbonyl (C=O) groups is 2. The van der Waals surface area contributed by atoms with E-state index in [0.29, 0.717) is 19.5 Å². The van der Waals surface area contributed by atoms with Gasteiger partial charge in [0.2, 0.25) is 11.8 Å². The van der Waals surface area contributed by atoms with Gasteiger partial charge in [-0.1, -0.05) is 6.07 Å². The number of likely N-dealkylation sites (tertiary alicyclic amines) is 1. The number of nitrogens with zero attached hydrogens (tertiary/aromatic N) is 4. The molecule has 0 aliphatic carbocycles. The van der Waals surface area contributed by atoms with Crippen LogP contribution in [0.2, 0.25) is 0 Å². The third-order valence-corrected chi connectivity index (χ3v) is 4.97. The SMILES string of the molecule is CCN1CC(C(=O)N2CCCN(Cc3cccnc3)CC2)CC1=O. The van der Waals surface area contributed by atoms with Gasteiger partial charge in [0.25, 0.3) is 0 Å². The first-order chi connectivity index (χ1) is 11.7. The van der Waals surface area contributed by atoms with Crippen molar-refractivity contribution in [1.82, 2.24) is 19.7 Å². The molecule has 2 aliphatic heterocycles. The third kappa shape index (κ3) is 3.93. The van der Waals surface area contributed by atoms with Crippen molar-refractivity contribution in [2.75, 3.05) is 39.3 Å². The van der Waals surface area contributed by atoms with Gasteiger partial charge in [-0.15, -0.1) is 0 Å². The van der Waals surface area contributed by atoms with E-state index in [-0.39, 0.29) is 17.7 Å². The maximum atomic E-state index is 12.7. The largest absolute Gasteiger partial charge is 0.342 e. The van der Waals surface area contributed by atoms with E-state index in [0.717, 1.165) is 39.1 Å². The predicted molar refractivity (Wildman–Crippen MR) is 91.1 cm³/mol. The molecule has 6 nitrogen and oxygen atoms in total. The van der Waals surface area contributed by atoms with Gasteiger partial charge in [0.05, 0.1) is 5.92 Å². The highest BCUT2D eigenvalue weighted by atomic mass is 16.2. The number of hydrogen-bond donors (Lipinski definition) is 0. The molecule has 2 amide bonds. The number of rotatable bonds is 4. The van der Waals surface area contributed by atoms with E-state index >= 15 is 0 Å². The van der Waals surface area contributed by atoms with Crippen LogP contribution in [0, 0.1) is 5.92 Å². The first-order valence-electron chi connectivity index (χ1n) is 8.85. The van der Waals surface area contributed by atoms with Gasteiger partial charge in [0.15, 0.2) is 0 Å². The number of hydrogen-bond acceptors (Lipinski definition) is 4. The smallest absolute Gasteiger partial charge is 0.228 e. The molecule has 0 N–H and O–H groups in total. The van der Waals surface area contributed by atoms with E-state index in [1.54, 1.807) is 11.1 Å². The van der Waals surface area contributed by atoms with Crippen molar-refractivity contribution in [3.8, 4) is 0 Å². The fourth-order valence-corrected chi connectivity index (χ4v) is 3.60. The Labute approximate surface area is 143 Å². The predicted octanol–water partition coefficient (Wildman–Crippen LogP) is 0.984. The molecule has 3 heterocycles. The molecular formula is C18H26N4O2. The second kappa shape index (κ2) is 7.75. The van der Waals surface area contributed by atoms with Crippen LogP contribution in [-0.4, -0.2) is 70.8 Å². The molecular weight excluding hydrogens is 304 g/mol. The molecule has 0 spiro atoms. The monoisotopic (exact) mass is 330 g/mol. The number of pyridine rings is 1. The maximum absolute atomic E-state index is 12.7. The second-order valence-electron chi connectivity index (χ2n) is 6.65. The zero-order valence-electron chi connectivity index (χ0n) is 14.4. The fraction of sp³-hybridized carbons (Fsp3) is 0.611. The lowest BCUT2D eigenvalue weighted by molar-refractivity contribution is -0.135. The number of aromatic nitrogens is 1. The first kappa shape index (κ1) is 16.9. The Balaban J connectivity index is 1.53. The van der Waals surface area contributed by atoms with Crippen LogP contribution < -0.4 is 0 Å². The first-order valence-corrected chi connectivity index (χ1v) is 8.85. The zero-order chi connectivity index (χ0) is 16.9. The molecule has 2 aliphatic rings. The number of amides is 2. The van der Waals surface area contributed by atoms with Crippen molar-refractivity contribution in [1.29, 1.82) is 0 Å². The Morgan fingerprint density at radius 2 is 2.17 bits per heavy atom. The van der Waals surface area contributed by atoms with Gasteiger partial charge in [-0.25, -0.2) is 0 Å². The summed E-state index contributed by atoms with van der Waals surface area (Å²) in [6.07, 6.45) is 5.04. The summed E-state index contributed by atoms with van der Waals surface area (Å²) in [5, 5.41) is 0. The highest BCUT2D eigenvalue weighted by Crippen LogP contribution is 2.21. The molecule has 1 aromatic heterocycles. The van der Waals surface area contributed by atoms with Crippen LogP contribution in [0.4, 0.5) is 0 Å². The molecule has 2 saturated heterocycles. The summed E-state index contributed by atoms with van der Waals surface area (Å²) in [6, 6.07) is 4.05. The van der Waals surface area contributed by atoms with Crippen molar-refractivity contribution < 1.29 is 9.59 Å². The summed E-state index contributed by atoms with van der Waals surface area (Å²) in [5.41, 5.74) is 1.21. The van der Waals surface area contributed by atoms with Crippen LogP contribution in [-0.2, 0) is 16.1 Å². The second-order valence-corrected chi connectivity index (χ2v) is 6.65. The average molecular weight is 330 g/mol. The van der Waals surface area contributed by atoms with E-state index in [9.17, 15) is 9.59 Å². The molecule has 1 aromatic rings. The average Bonchev–Trinajstić information content (AvgIpc) is 2.83. The van der Waals surface area contributed by atoms with E-state index in [2.05, 4.69) is 16.0 Å². The molecule has 3 rings (SSSR count). The Morgan fingerprint density at radius 1 is 1.29 bits per heavy atom. The van der Waals surface area contributed by atoms with Gasteiger partial charge in [-0.05, 0) is 25.0 Å². The zero-order valence-corrected chi connectivity index (χ0v) is 14.4. The van der Waals surface area contributed by atoms with Crippen LogP contribution in [0.5, 0.6) is 0 Å². The molecule has 2 fully saturated rings. The van der Waals surface area contributed by atoms with Gasteiger partial charge in [0, 0.05) is 64.6 Å². The molecule has 0 aromatic carbocycles. The Kier molecular flexibility index (Phi) is 5.45. The van der Waals surface area contributed by atoms with E-state index < -0.39 is 0 Å². The summed E-state index contributed by atoms with van der Waals surface area (Å²) >= 11 is 0. The quantitative estimate of drug-likeness (QED) is 0.826. The fourth-order valence-electron chi connectivity index (χ4n) is 3.60. The van der Waals surface area contributed by atoms with Crippen molar-refractivity contribution in [2.24, 2.45) is 5.92 Å². The standard InChI is InChI=1S/C18H26N4O2/c1-2-21-14-16(11-17(21)23)18(24)22-8-4-7-20(9-10-22)13-15-5-3-6-19-12-15/h3,5-6,12,16H,2,4,7-11,13-14H2,1H3. The highest BCUT2D eigenvalue weighted by molar-refractivity contribution is 5.89. The van der Waals surface area contributed by atoms with Gasteiger partial charge in [0.1, 0.15) is 0 Å². The molecule has 6 heteroatoms. The molecule has 0 bridgehead atoms. The summed E-state index contributed by atoms with van der Waals surface area (Å²) in [4.78, 5) is 34.9. The topological polar surface area (TPSA) is 56.8 Å². The minimum atomic E-state index is -0.151. The summed E-state index contributed by atoms with van der Waals surface area (Å²) in [5.74, 6) is 0.119. The van der Waals surface area contributed by atoms with Crippen molar-refractivity contribution in [3.05, 3.63) is 30.1 Å². The third-order valence-electron chi connectivity index (χ3n) is 4.97. The molecule has 1 unspecified atom stereocenters. The van der Waals surface area contributed by atoms with Crippen LogP contribution >= 0.6 is 0 Å². The molecule has 1 atom stereocenters. The Hall–Kier alpha value is -1.95. The summed E-state index contributed by atoms with van der Waals surface area (Å²) < 4.78 is 0. The van der Waals surface area contributed by atoms with E-state index in [4.69, 9.17) is 0 Å². The van der Waals surface area contributed by atoms with Crippen molar-refractivity contribution in [2.45, 2.75) is 26.3 Å². The van der Waals surface area contributed by atoms with Crippen LogP contribution in [0.1, 0.15) is 25.3 Å². The van der Waals surface area contributed by atoms with E-state index in [1.807, 2.05) is 24.1 Å². The summed E-state index contributed by atoms with van der Waals surface area (Å²) in [6.45, 7) is 7.53. The van der Waals surface area contributed by atoms with E-state index in [1.165, 1.54) is 5.56 Å². The molecule has 130 valence electrons. The Bertz CT molecular complexity index is 578. The molecule has 0 radical (unpaired) electrons. The normalized spacial score (nSPS) is 22.7. The van der Waals surface area contributed by atoms with Crippen LogP contribution in [0.15, 0.2) is 24.5 Å². The number of carbonyl (C=O) groups excluding carboxylic acids is 2. The van der Waals surface area contributed by atoms with Crippen molar-refractivity contribution >= 4 is 11.8 Å². The van der Waals surface area contributed by atoms with Crippen LogP contribution in [0.3, 0.4) is 0 Å². The minimum absolute atomic E-state index is 0.115. The lowest BCUT2D eigenvalue weighted by Gasteiger charge is -2.24. The van der Waals surface area contributed by atoms with Gasteiger partial charge >= 0.3 is 0 Å². The lowest BCUT2D eigenvalue weighted by Crippen LogP contribution is -2.39. The van der Waals surface area contributed by atoms with Gasteiger partial charge in [-0.2, -0.15) is 0 Å². The van der Waals surface area contributed by atoms with Gasteiger partial charge in [-0.3, -0.25) is 19.5 Å². The van der Waals surface area contributed by atoms with Crippen molar-refractivity contribution in [3.63, 3.8) is 0 Å². The Morgan fingerprint density at radius 3 is 2.88 bits per heavy atom. The molecule has 24 heavy (non-hydrogen) atoms. The van der Waals surface area contributed by atoms with Gasteiger partial charge < -0.3 is 9.80 Å².